The Balaban J connectivity index is 4.85. The number of phosphoric acid groups is 1. The van der Waals surface area contributed by atoms with Crippen molar-refractivity contribution in [3.05, 3.63) is 122 Å². The Morgan fingerprint density at radius 3 is 1.09 bits per heavy atom. The van der Waals surface area contributed by atoms with Crippen LogP contribution in [0.3, 0.4) is 0 Å². The average molecular weight is 1110 g/mol. The molecule has 12 heteroatoms. The molecule has 0 fully saturated rings. The zero-order valence-corrected chi connectivity index (χ0v) is 50.0. The first-order chi connectivity index (χ1) is 38.2. The maximum Gasteiger partial charge on any atom is 0.472 e. The van der Waals surface area contributed by atoms with E-state index in [1.54, 1.807) is 0 Å². The highest BCUT2D eigenvalue weighted by molar-refractivity contribution is 7.47. The van der Waals surface area contributed by atoms with Gasteiger partial charge in [-0.05, 0) is 116 Å². The van der Waals surface area contributed by atoms with Crippen LogP contribution in [0, 0.1) is 0 Å². The van der Waals surface area contributed by atoms with Crippen molar-refractivity contribution in [2.75, 3.05) is 26.4 Å². The maximum absolute atomic E-state index is 12.9. The summed E-state index contributed by atoms with van der Waals surface area (Å²) in [6.45, 7) is 4.31. The lowest BCUT2D eigenvalue weighted by Crippen LogP contribution is -2.30. The van der Waals surface area contributed by atoms with Crippen LogP contribution < -0.4 is 0 Å². The fourth-order valence-corrected chi connectivity index (χ4v) is 8.59. The molecular weight excluding hydrogens is 1000 g/mol. The van der Waals surface area contributed by atoms with Gasteiger partial charge in [-0.1, -0.05) is 226 Å². The van der Waals surface area contributed by atoms with Crippen molar-refractivity contribution >= 4 is 25.7 Å². The van der Waals surface area contributed by atoms with Crippen molar-refractivity contribution in [1.29, 1.82) is 0 Å². The minimum absolute atomic E-state index is 0.0940. The van der Waals surface area contributed by atoms with E-state index in [4.69, 9.17) is 23.3 Å². The molecule has 0 aromatic heterocycles. The van der Waals surface area contributed by atoms with E-state index in [0.29, 0.717) is 19.3 Å². The van der Waals surface area contributed by atoms with E-state index in [9.17, 15) is 28.9 Å². The molecule has 444 valence electrons. The Bertz CT molecular complexity index is 1770. The minimum atomic E-state index is -4.78. The molecule has 0 spiro atoms. The summed E-state index contributed by atoms with van der Waals surface area (Å²) < 4.78 is 39.5. The first-order valence-corrected chi connectivity index (χ1v) is 31.9. The molecule has 0 rings (SSSR count). The summed E-state index contributed by atoms with van der Waals surface area (Å²) in [4.78, 5) is 48.6. The Hall–Kier alpha value is -4.12. The van der Waals surface area contributed by atoms with Gasteiger partial charge in [0.2, 0.25) is 0 Å². The van der Waals surface area contributed by atoms with Crippen LogP contribution in [0.2, 0.25) is 0 Å². The largest absolute Gasteiger partial charge is 0.472 e. The van der Waals surface area contributed by atoms with E-state index >= 15 is 0 Å². The van der Waals surface area contributed by atoms with Gasteiger partial charge in [0.15, 0.2) is 6.10 Å². The number of esters is 3. The third-order valence-electron chi connectivity index (χ3n) is 12.4. The number of carbonyl (C=O) groups is 3. The molecule has 0 radical (unpaired) electrons. The lowest BCUT2D eigenvalue weighted by molar-refractivity contribution is -0.161. The van der Waals surface area contributed by atoms with Gasteiger partial charge in [0, 0.05) is 19.3 Å². The smallest absolute Gasteiger partial charge is 0.462 e. The Labute approximate surface area is 475 Å². The summed E-state index contributed by atoms with van der Waals surface area (Å²) in [5, 5.41) is 9.83. The standard InChI is InChI=1S/C66H109O11P/c1-4-7-10-13-16-19-22-25-28-30-31-33-35-37-40-43-46-49-52-55-64(68)73-59-63(77-66(70)57-54-51-48-45-42-39-36-32-29-26-23-20-17-14-11-8-5-2)61-75-78(71,72)74-60-62(58-67)76-65(69)56-53-50-47-44-41-38-34-27-24-21-18-15-12-9-6-3/h7,9-10,12,16,18-19,21,25-29,31,33-34,37,40,46,49,62-63,67H,4-6,8,11,13-15,17,20,22-24,30,32,35-36,38-39,41-45,47-48,50-61H2,1-3H3,(H,71,72)/b10-7-,12-9-,19-16-,21-18-,28-25-,29-26-,33-31-,34-27-,40-37-,49-46-. The molecule has 0 aliphatic rings. The van der Waals surface area contributed by atoms with Crippen molar-refractivity contribution < 1.29 is 52.2 Å². The van der Waals surface area contributed by atoms with Crippen LogP contribution in [0.25, 0.3) is 0 Å². The summed E-state index contributed by atoms with van der Waals surface area (Å²) in [7, 11) is -4.78. The predicted molar refractivity (Wildman–Crippen MR) is 325 cm³/mol. The molecule has 0 saturated heterocycles. The second kappa shape index (κ2) is 59.0. The van der Waals surface area contributed by atoms with E-state index in [1.807, 2.05) is 12.2 Å². The lowest BCUT2D eigenvalue weighted by atomic mass is 10.1. The van der Waals surface area contributed by atoms with Gasteiger partial charge in [-0.15, -0.1) is 0 Å². The predicted octanol–water partition coefficient (Wildman–Crippen LogP) is 18.4. The molecule has 0 saturated carbocycles. The number of hydrogen-bond donors (Lipinski definition) is 2. The number of allylic oxidation sites excluding steroid dienone is 20. The molecule has 11 nitrogen and oxygen atoms in total. The van der Waals surface area contributed by atoms with Crippen LogP contribution in [0.5, 0.6) is 0 Å². The first-order valence-electron chi connectivity index (χ1n) is 30.4. The van der Waals surface area contributed by atoms with Gasteiger partial charge in [0.1, 0.15) is 12.7 Å². The molecule has 3 atom stereocenters. The van der Waals surface area contributed by atoms with E-state index in [1.165, 1.54) is 57.8 Å². The van der Waals surface area contributed by atoms with Gasteiger partial charge >= 0.3 is 25.7 Å². The SMILES string of the molecule is CC/C=C\C/C=C\C/C=C\C/C=C\C/C=C\C/C=C\CCC(=O)OCC(COP(=O)(O)OCC(CO)OC(=O)CCCCCCC/C=C\C/C=C\C/C=C\CC)OC(=O)CCCCCCCCC/C=C\CCCCCCCC. The zero-order valence-electron chi connectivity index (χ0n) is 49.1. The highest BCUT2D eigenvalue weighted by Crippen LogP contribution is 2.43. The van der Waals surface area contributed by atoms with Gasteiger partial charge in [0.25, 0.3) is 0 Å². The summed E-state index contributed by atoms with van der Waals surface area (Å²) in [6.07, 6.45) is 73.1. The molecule has 0 bridgehead atoms. The second-order valence-corrected chi connectivity index (χ2v) is 21.2. The molecule has 2 N–H and O–H groups in total. The summed E-state index contributed by atoms with van der Waals surface area (Å²) >= 11 is 0. The molecular formula is C66H109O11P. The summed E-state index contributed by atoms with van der Waals surface area (Å²) in [5.74, 6) is -1.60. The quantitative estimate of drug-likeness (QED) is 0.0197. The highest BCUT2D eigenvalue weighted by atomic mass is 31.2. The zero-order chi connectivity index (χ0) is 56.9. The van der Waals surface area contributed by atoms with Crippen molar-refractivity contribution in [2.24, 2.45) is 0 Å². The Kier molecular flexibility index (Phi) is 55.9. The average Bonchev–Trinajstić information content (AvgIpc) is 3.43. The summed E-state index contributed by atoms with van der Waals surface area (Å²) in [5.41, 5.74) is 0. The van der Waals surface area contributed by atoms with Crippen molar-refractivity contribution in [2.45, 2.75) is 251 Å². The molecule has 0 aromatic rings. The number of phosphoric ester groups is 1. The van der Waals surface area contributed by atoms with Crippen molar-refractivity contribution in [1.82, 2.24) is 0 Å². The molecule has 0 heterocycles. The first kappa shape index (κ1) is 73.9. The molecule has 3 unspecified atom stereocenters. The minimum Gasteiger partial charge on any atom is -0.462 e. The number of carbonyl (C=O) groups excluding carboxylic acids is 3. The number of aliphatic hydroxyl groups is 1. The molecule has 0 aliphatic carbocycles. The number of unbranched alkanes of at least 4 members (excludes halogenated alkanes) is 18. The van der Waals surface area contributed by atoms with Crippen LogP contribution in [-0.4, -0.2) is 66.5 Å². The molecule has 78 heavy (non-hydrogen) atoms. The third kappa shape index (κ3) is 56.6. The van der Waals surface area contributed by atoms with Crippen molar-refractivity contribution in [3.8, 4) is 0 Å². The highest BCUT2D eigenvalue weighted by Gasteiger charge is 2.28. The third-order valence-corrected chi connectivity index (χ3v) is 13.3. The van der Waals surface area contributed by atoms with E-state index < -0.39 is 57.8 Å². The summed E-state index contributed by atoms with van der Waals surface area (Å²) in [6, 6.07) is 0. The second-order valence-electron chi connectivity index (χ2n) is 19.7. The van der Waals surface area contributed by atoms with Gasteiger partial charge in [-0.3, -0.25) is 23.4 Å². The number of hydrogen-bond acceptors (Lipinski definition) is 10. The van der Waals surface area contributed by atoms with Crippen LogP contribution in [-0.2, 0) is 42.2 Å². The normalized spacial score (nSPS) is 14.2. The molecule has 0 aromatic carbocycles. The molecule has 0 amide bonds. The lowest BCUT2D eigenvalue weighted by Gasteiger charge is -2.21. The van der Waals surface area contributed by atoms with Crippen LogP contribution in [0.1, 0.15) is 239 Å². The molecule has 0 aliphatic heterocycles. The Morgan fingerprint density at radius 1 is 0.372 bits per heavy atom. The van der Waals surface area contributed by atoms with Gasteiger partial charge in [-0.2, -0.15) is 0 Å². The van der Waals surface area contributed by atoms with E-state index in [2.05, 4.69) is 130 Å². The number of ether oxygens (including phenoxy) is 3. The van der Waals surface area contributed by atoms with Crippen molar-refractivity contribution in [3.63, 3.8) is 0 Å². The van der Waals surface area contributed by atoms with Gasteiger partial charge in [0.05, 0.1) is 19.8 Å². The van der Waals surface area contributed by atoms with Gasteiger partial charge in [-0.25, -0.2) is 4.57 Å². The van der Waals surface area contributed by atoms with E-state index in [-0.39, 0.29) is 25.9 Å². The number of aliphatic hydroxyl groups excluding tert-OH is 1. The number of rotatable bonds is 55. The van der Waals surface area contributed by atoms with Crippen LogP contribution in [0.15, 0.2) is 122 Å². The maximum atomic E-state index is 12.9. The Morgan fingerprint density at radius 2 is 0.692 bits per heavy atom. The van der Waals surface area contributed by atoms with Crippen LogP contribution in [0.4, 0.5) is 0 Å². The van der Waals surface area contributed by atoms with Crippen LogP contribution >= 0.6 is 7.82 Å². The fraction of sp³-hybridized carbons (Fsp3) is 0.652. The monoisotopic (exact) mass is 1110 g/mol. The van der Waals surface area contributed by atoms with E-state index in [0.717, 1.165) is 122 Å². The topological polar surface area (TPSA) is 155 Å². The van der Waals surface area contributed by atoms with Gasteiger partial charge < -0.3 is 24.2 Å². The fourth-order valence-electron chi connectivity index (χ4n) is 7.80.